The van der Waals surface area contributed by atoms with Crippen LogP contribution in [0.4, 0.5) is 0 Å². The number of hydrogen-bond acceptors (Lipinski definition) is 8. The van der Waals surface area contributed by atoms with E-state index < -0.39 is 59.1 Å². The Labute approximate surface area is 307 Å². The van der Waals surface area contributed by atoms with Crippen molar-refractivity contribution in [2.24, 2.45) is 5.92 Å². The molecule has 2 heterocycles. The molecule has 0 saturated heterocycles. The van der Waals surface area contributed by atoms with E-state index in [-0.39, 0.29) is 37.2 Å². The van der Waals surface area contributed by atoms with Gasteiger partial charge in [0.15, 0.2) is 0 Å². The number of amides is 6. The quantitative estimate of drug-likeness (QED) is 0.313. The molecule has 0 unspecified atom stereocenters. The van der Waals surface area contributed by atoms with Crippen molar-refractivity contribution in [2.45, 2.75) is 76.5 Å². The van der Waals surface area contributed by atoms with E-state index in [1.54, 1.807) is 33.2 Å². The van der Waals surface area contributed by atoms with E-state index >= 15 is 0 Å². The monoisotopic (exact) mass is 729 g/mol. The van der Waals surface area contributed by atoms with Crippen LogP contribution in [0.25, 0.3) is 0 Å². The maximum Gasteiger partial charge on any atom is 0.271 e. The summed E-state index contributed by atoms with van der Waals surface area (Å²) in [7, 11) is 1.58. The number of fused-ring (bicyclic) bond motifs is 2. The lowest BCUT2D eigenvalue weighted by Gasteiger charge is -2.31. The van der Waals surface area contributed by atoms with Gasteiger partial charge >= 0.3 is 0 Å². The highest BCUT2D eigenvalue weighted by Gasteiger charge is 2.53. The fourth-order valence-corrected chi connectivity index (χ4v) is 7.15. The van der Waals surface area contributed by atoms with Crippen molar-refractivity contribution in [3.63, 3.8) is 0 Å². The van der Waals surface area contributed by atoms with Gasteiger partial charge in [-0.25, -0.2) is 4.98 Å². The zero-order valence-electron chi connectivity index (χ0n) is 30.2. The molecule has 3 aromatic rings. The van der Waals surface area contributed by atoms with E-state index in [1.165, 1.54) is 28.1 Å². The third-order valence-electron chi connectivity index (χ3n) is 9.58. The summed E-state index contributed by atoms with van der Waals surface area (Å²) >= 11 is 1.20. The summed E-state index contributed by atoms with van der Waals surface area (Å²) in [6.07, 6.45) is 1.64. The number of nitrogens with zero attached hydrogens (tertiary/aromatic N) is 3. The van der Waals surface area contributed by atoms with Crippen molar-refractivity contribution in [1.82, 2.24) is 36.1 Å². The van der Waals surface area contributed by atoms with Crippen molar-refractivity contribution in [3.8, 4) is 0 Å². The van der Waals surface area contributed by atoms with Crippen molar-refractivity contribution < 1.29 is 28.8 Å². The Bertz CT molecular complexity index is 1780. The molecule has 6 amide bonds. The van der Waals surface area contributed by atoms with Crippen LogP contribution >= 0.6 is 11.3 Å². The molecular weight excluding hydrogens is 683 g/mol. The summed E-state index contributed by atoms with van der Waals surface area (Å²) in [6, 6.07) is 15.4. The second kappa shape index (κ2) is 16.5. The molecule has 1 aromatic heterocycles. The van der Waals surface area contributed by atoms with Crippen LogP contribution in [-0.4, -0.2) is 95.0 Å². The molecule has 52 heavy (non-hydrogen) atoms. The predicted molar refractivity (Wildman–Crippen MR) is 196 cm³/mol. The first-order valence-electron chi connectivity index (χ1n) is 17.6. The van der Waals surface area contributed by atoms with Gasteiger partial charge in [0.05, 0.1) is 18.0 Å². The first kappa shape index (κ1) is 38.1. The zero-order chi connectivity index (χ0) is 37.6. The minimum Gasteiger partial charge on any atom is -0.345 e. The molecule has 4 N–H and O–H groups in total. The van der Waals surface area contributed by atoms with Gasteiger partial charge in [-0.3, -0.25) is 28.8 Å². The van der Waals surface area contributed by atoms with Crippen LogP contribution in [0.5, 0.6) is 0 Å². The number of nitrogens with one attached hydrogen (secondary N) is 4. The van der Waals surface area contributed by atoms with E-state index in [4.69, 9.17) is 0 Å². The first-order chi connectivity index (χ1) is 24.8. The molecule has 2 bridgehead atoms. The Morgan fingerprint density at radius 2 is 1.52 bits per heavy atom. The maximum absolute atomic E-state index is 14.3. The fraction of sp³-hybridized carbons (Fsp3) is 0.447. The highest BCUT2D eigenvalue weighted by molar-refractivity contribution is 7.09. The average Bonchev–Trinajstić information content (AvgIpc) is 3.79. The van der Waals surface area contributed by atoms with Gasteiger partial charge in [0.25, 0.3) is 5.91 Å². The first-order valence-corrected chi connectivity index (χ1v) is 18.5. The van der Waals surface area contributed by atoms with Gasteiger partial charge < -0.3 is 31.1 Å². The third-order valence-corrected chi connectivity index (χ3v) is 10.5. The molecule has 1 aliphatic carbocycles. The average molecular weight is 730 g/mol. The predicted octanol–water partition coefficient (Wildman–Crippen LogP) is 2.34. The number of likely N-dealkylation sites (N-methyl/N-ethyl adjacent to an activating group) is 1. The Morgan fingerprint density at radius 3 is 2.15 bits per heavy atom. The standard InChI is InChI=1S/C38H47N7O6S/c1-23(2)31-34(49)40-25(4)36(50)44(5)18-19-45(37(51)38(16-17-38)27-14-10-7-11-15-27)21-30(46)41-28(20-26-12-8-6-9-13-26)35-42-29(22-52-35)33(48)39-24(3)32(47)43-31/h6-15,22-25,28,31H,16-21H2,1-5H3,(H,39,48)(H,40,49)(H,41,46)(H,43,47)/t24-,25+,28-,31-/m0/s1. The molecule has 4 atom stereocenters. The summed E-state index contributed by atoms with van der Waals surface area (Å²) in [6.45, 7) is 6.47. The summed E-state index contributed by atoms with van der Waals surface area (Å²) in [5.74, 6) is -3.10. The smallest absolute Gasteiger partial charge is 0.271 e. The lowest BCUT2D eigenvalue weighted by atomic mass is 9.94. The van der Waals surface area contributed by atoms with Gasteiger partial charge in [0, 0.05) is 25.5 Å². The van der Waals surface area contributed by atoms with Crippen molar-refractivity contribution in [2.75, 3.05) is 26.7 Å². The summed E-state index contributed by atoms with van der Waals surface area (Å²) in [5, 5.41) is 13.2. The fourth-order valence-electron chi connectivity index (χ4n) is 6.30. The topological polar surface area (TPSA) is 170 Å². The molecule has 2 aliphatic rings. The van der Waals surface area contributed by atoms with Crippen molar-refractivity contribution in [1.29, 1.82) is 0 Å². The van der Waals surface area contributed by atoms with Gasteiger partial charge in [0.1, 0.15) is 28.8 Å². The van der Waals surface area contributed by atoms with Crippen LogP contribution < -0.4 is 21.3 Å². The molecule has 0 radical (unpaired) electrons. The van der Waals surface area contributed by atoms with Gasteiger partial charge in [-0.2, -0.15) is 0 Å². The van der Waals surface area contributed by atoms with Gasteiger partial charge in [-0.1, -0.05) is 74.5 Å². The van der Waals surface area contributed by atoms with Crippen LogP contribution in [0.2, 0.25) is 0 Å². The number of rotatable bonds is 5. The second-order valence-electron chi connectivity index (χ2n) is 14.0. The van der Waals surface area contributed by atoms with Gasteiger partial charge in [-0.15, -0.1) is 11.3 Å². The summed E-state index contributed by atoms with van der Waals surface area (Å²) < 4.78 is 0. The minimum atomic E-state index is -1.01. The molecular formula is C38H47N7O6S. The van der Waals surface area contributed by atoms with Gasteiger partial charge in [-0.05, 0) is 50.2 Å². The second-order valence-corrected chi connectivity index (χ2v) is 14.9. The molecule has 14 heteroatoms. The number of thiazole rings is 1. The molecule has 0 spiro atoms. The molecule has 5 rings (SSSR count). The van der Waals surface area contributed by atoms with Gasteiger partial charge in [0.2, 0.25) is 29.5 Å². The molecule has 1 saturated carbocycles. The SMILES string of the molecule is CC(C)[C@@H]1NC(=O)[C@H](C)NC(=O)c2csc(n2)[C@H](Cc2ccccc2)NC(=O)CN(C(=O)C2(c3ccccc3)CC2)CCN(C)C(=O)[C@@H](C)NC1=O. The van der Waals surface area contributed by atoms with Crippen LogP contribution in [-0.2, 0) is 35.8 Å². The number of hydrogen-bond donors (Lipinski definition) is 4. The Balaban J connectivity index is 1.47. The summed E-state index contributed by atoms with van der Waals surface area (Å²) in [5.41, 5.74) is 1.12. The Hall–Kier alpha value is -5.11. The van der Waals surface area contributed by atoms with E-state index in [0.29, 0.717) is 24.3 Å². The Morgan fingerprint density at radius 1 is 0.865 bits per heavy atom. The van der Waals surface area contributed by atoms with Crippen LogP contribution in [0.3, 0.4) is 0 Å². The number of carbonyl (C=O) groups is 6. The van der Waals surface area contributed by atoms with E-state index in [9.17, 15) is 28.8 Å². The Kier molecular flexibility index (Phi) is 12.1. The van der Waals surface area contributed by atoms with Crippen LogP contribution in [0.15, 0.2) is 66.0 Å². The molecule has 1 fully saturated rings. The van der Waals surface area contributed by atoms with Crippen molar-refractivity contribution in [3.05, 3.63) is 87.9 Å². The van der Waals surface area contributed by atoms with Crippen molar-refractivity contribution >= 4 is 46.8 Å². The van der Waals surface area contributed by atoms with Crippen LogP contribution in [0.1, 0.15) is 73.2 Å². The highest BCUT2D eigenvalue weighted by Crippen LogP contribution is 2.49. The molecule has 276 valence electrons. The normalized spacial score (nSPS) is 23.5. The largest absolute Gasteiger partial charge is 0.345 e. The number of benzene rings is 2. The minimum absolute atomic E-state index is 0.0667. The zero-order valence-corrected chi connectivity index (χ0v) is 31.0. The van der Waals surface area contributed by atoms with E-state index in [1.807, 2.05) is 60.7 Å². The maximum atomic E-state index is 14.3. The number of aromatic nitrogens is 1. The third kappa shape index (κ3) is 9.02. The van der Waals surface area contributed by atoms with Crippen LogP contribution in [0, 0.1) is 5.92 Å². The molecule has 13 nitrogen and oxygen atoms in total. The number of carbonyl (C=O) groups excluding carboxylic acids is 6. The summed E-state index contributed by atoms with van der Waals surface area (Å²) in [4.78, 5) is 88.9. The molecule has 1 aliphatic heterocycles. The van der Waals surface area contributed by atoms with E-state index in [2.05, 4.69) is 26.3 Å². The highest BCUT2D eigenvalue weighted by atomic mass is 32.1. The lowest BCUT2D eigenvalue weighted by molar-refractivity contribution is -0.140. The lowest BCUT2D eigenvalue weighted by Crippen LogP contribution is -2.57. The van der Waals surface area contributed by atoms with E-state index in [0.717, 1.165) is 11.1 Å². The molecule has 2 aromatic carbocycles.